The van der Waals surface area contributed by atoms with Gasteiger partial charge in [-0.2, -0.15) is 0 Å². The van der Waals surface area contributed by atoms with E-state index >= 15 is 0 Å². The Balaban J connectivity index is 1.72. The summed E-state index contributed by atoms with van der Waals surface area (Å²) >= 11 is 0. The zero-order valence-corrected chi connectivity index (χ0v) is 11.6. The van der Waals surface area contributed by atoms with Crippen LogP contribution >= 0.6 is 0 Å². The molecule has 0 aliphatic rings. The standard InChI is InChI=1S/C16H14F3NO2/c17-12-3-5-14(6-4-12)22-10-16(21)20-8-7-11-1-2-13(18)9-15(11)19/h1-6,9H,7-8,10H2,(H,20,21). The highest BCUT2D eigenvalue weighted by Gasteiger charge is 2.06. The quantitative estimate of drug-likeness (QED) is 0.891. The summed E-state index contributed by atoms with van der Waals surface area (Å²) in [6.07, 6.45) is 0.244. The highest BCUT2D eigenvalue weighted by molar-refractivity contribution is 5.77. The molecular weight excluding hydrogens is 295 g/mol. The Morgan fingerprint density at radius 1 is 1.00 bits per heavy atom. The monoisotopic (exact) mass is 309 g/mol. The molecule has 0 saturated heterocycles. The third-order valence-corrected chi connectivity index (χ3v) is 2.92. The van der Waals surface area contributed by atoms with Gasteiger partial charge in [-0.3, -0.25) is 4.79 Å². The molecule has 1 N–H and O–H groups in total. The van der Waals surface area contributed by atoms with Crippen LogP contribution in [0.4, 0.5) is 13.2 Å². The smallest absolute Gasteiger partial charge is 0.257 e. The largest absolute Gasteiger partial charge is 0.484 e. The molecule has 3 nitrogen and oxygen atoms in total. The Hall–Kier alpha value is -2.50. The number of amides is 1. The summed E-state index contributed by atoms with van der Waals surface area (Å²) < 4.78 is 43.9. The first kappa shape index (κ1) is 15.9. The summed E-state index contributed by atoms with van der Waals surface area (Å²) in [4.78, 5) is 11.5. The highest BCUT2D eigenvalue weighted by Crippen LogP contribution is 2.11. The van der Waals surface area contributed by atoms with E-state index in [4.69, 9.17) is 4.74 Å². The van der Waals surface area contributed by atoms with E-state index in [1.165, 1.54) is 30.3 Å². The first-order valence-corrected chi connectivity index (χ1v) is 6.63. The Kier molecular flexibility index (Phi) is 5.41. The van der Waals surface area contributed by atoms with Crippen LogP contribution in [-0.2, 0) is 11.2 Å². The summed E-state index contributed by atoms with van der Waals surface area (Å²) in [5, 5.41) is 2.56. The number of nitrogens with one attached hydrogen (secondary N) is 1. The molecule has 2 aromatic carbocycles. The van der Waals surface area contributed by atoms with Gasteiger partial charge in [0.1, 0.15) is 23.2 Å². The zero-order valence-electron chi connectivity index (χ0n) is 11.6. The Morgan fingerprint density at radius 2 is 1.68 bits per heavy atom. The minimum atomic E-state index is -0.642. The normalized spacial score (nSPS) is 10.3. The predicted octanol–water partition coefficient (Wildman–Crippen LogP) is 2.84. The molecule has 0 heterocycles. The van der Waals surface area contributed by atoms with Crippen LogP contribution in [0.15, 0.2) is 42.5 Å². The molecule has 0 saturated carbocycles. The lowest BCUT2D eigenvalue weighted by Crippen LogP contribution is -2.30. The second kappa shape index (κ2) is 7.49. The van der Waals surface area contributed by atoms with Crippen molar-refractivity contribution in [3.8, 4) is 5.75 Å². The van der Waals surface area contributed by atoms with E-state index in [0.717, 1.165) is 12.1 Å². The molecule has 22 heavy (non-hydrogen) atoms. The van der Waals surface area contributed by atoms with Gasteiger partial charge in [-0.25, -0.2) is 13.2 Å². The number of halogens is 3. The van der Waals surface area contributed by atoms with Gasteiger partial charge in [0.15, 0.2) is 6.61 Å². The van der Waals surface area contributed by atoms with Crippen LogP contribution in [0.3, 0.4) is 0 Å². The first-order chi connectivity index (χ1) is 10.5. The molecule has 116 valence electrons. The lowest BCUT2D eigenvalue weighted by molar-refractivity contribution is -0.123. The maximum atomic E-state index is 13.4. The van der Waals surface area contributed by atoms with Crippen molar-refractivity contribution in [3.63, 3.8) is 0 Å². The second-order valence-corrected chi connectivity index (χ2v) is 4.58. The Morgan fingerprint density at radius 3 is 2.36 bits per heavy atom. The minimum absolute atomic E-state index is 0.203. The molecule has 6 heteroatoms. The number of benzene rings is 2. The van der Waals surface area contributed by atoms with Gasteiger partial charge in [0.2, 0.25) is 0 Å². The zero-order chi connectivity index (χ0) is 15.9. The van der Waals surface area contributed by atoms with Gasteiger partial charge in [-0.15, -0.1) is 0 Å². The van der Waals surface area contributed by atoms with E-state index in [2.05, 4.69) is 5.32 Å². The van der Waals surface area contributed by atoms with Crippen LogP contribution in [0.5, 0.6) is 5.75 Å². The van der Waals surface area contributed by atoms with E-state index in [1.807, 2.05) is 0 Å². The summed E-state index contributed by atoms with van der Waals surface area (Å²) in [7, 11) is 0. The lowest BCUT2D eigenvalue weighted by atomic mass is 10.1. The molecule has 0 fully saturated rings. The lowest BCUT2D eigenvalue weighted by Gasteiger charge is -2.08. The van der Waals surface area contributed by atoms with Gasteiger partial charge >= 0.3 is 0 Å². The second-order valence-electron chi connectivity index (χ2n) is 4.58. The molecule has 0 radical (unpaired) electrons. The van der Waals surface area contributed by atoms with Gasteiger partial charge in [0.25, 0.3) is 5.91 Å². The van der Waals surface area contributed by atoms with Crippen molar-refractivity contribution in [2.45, 2.75) is 6.42 Å². The van der Waals surface area contributed by atoms with E-state index in [-0.39, 0.29) is 25.5 Å². The fourth-order valence-electron chi connectivity index (χ4n) is 1.79. The van der Waals surface area contributed by atoms with Gasteiger partial charge in [-0.1, -0.05) is 6.07 Å². The van der Waals surface area contributed by atoms with Crippen LogP contribution in [-0.4, -0.2) is 19.1 Å². The van der Waals surface area contributed by atoms with Crippen molar-refractivity contribution in [2.75, 3.05) is 13.2 Å². The number of hydrogen-bond acceptors (Lipinski definition) is 2. The molecule has 2 rings (SSSR count). The van der Waals surface area contributed by atoms with Gasteiger partial charge in [0, 0.05) is 12.6 Å². The third kappa shape index (κ3) is 4.80. The van der Waals surface area contributed by atoms with Crippen molar-refractivity contribution < 1.29 is 22.7 Å². The van der Waals surface area contributed by atoms with E-state index in [9.17, 15) is 18.0 Å². The summed E-state index contributed by atoms with van der Waals surface area (Å²) in [6, 6.07) is 8.58. The molecule has 0 atom stereocenters. The van der Waals surface area contributed by atoms with Crippen LogP contribution in [0.25, 0.3) is 0 Å². The highest BCUT2D eigenvalue weighted by atomic mass is 19.1. The number of carbonyl (C=O) groups is 1. The number of ether oxygens (including phenoxy) is 1. The SMILES string of the molecule is O=C(COc1ccc(F)cc1)NCCc1ccc(F)cc1F. The Bertz CT molecular complexity index is 644. The molecular formula is C16H14F3NO2. The molecule has 0 spiro atoms. The van der Waals surface area contributed by atoms with Crippen molar-refractivity contribution in [1.29, 1.82) is 0 Å². The van der Waals surface area contributed by atoms with E-state index < -0.39 is 17.5 Å². The van der Waals surface area contributed by atoms with Crippen molar-refractivity contribution in [1.82, 2.24) is 5.32 Å². The maximum absolute atomic E-state index is 13.4. The summed E-state index contributed by atoms with van der Waals surface area (Å²) in [5.74, 6) is -1.68. The predicted molar refractivity (Wildman–Crippen MR) is 75.0 cm³/mol. The van der Waals surface area contributed by atoms with Gasteiger partial charge in [-0.05, 0) is 42.3 Å². The van der Waals surface area contributed by atoms with Gasteiger partial charge in [0.05, 0.1) is 0 Å². The Labute approximate surface area is 125 Å². The van der Waals surface area contributed by atoms with Crippen LogP contribution in [0.1, 0.15) is 5.56 Å². The van der Waals surface area contributed by atoms with Crippen LogP contribution in [0.2, 0.25) is 0 Å². The van der Waals surface area contributed by atoms with E-state index in [1.54, 1.807) is 0 Å². The molecule has 0 aliphatic heterocycles. The number of carbonyl (C=O) groups excluding carboxylic acids is 1. The minimum Gasteiger partial charge on any atom is -0.484 e. The van der Waals surface area contributed by atoms with Gasteiger partial charge < -0.3 is 10.1 Å². The molecule has 0 unspecified atom stereocenters. The fourth-order valence-corrected chi connectivity index (χ4v) is 1.79. The fraction of sp³-hybridized carbons (Fsp3) is 0.188. The molecule has 0 aliphatic carbocycles. The summed E-state index contributed by atoms with van der Waals surface area (Å²) in [6.45, 7) is -0.0221. The number of rotatable bonds is 6. The first-order valence-electron chi connectivity index (χ1n) is 6.63. The summed E-state index contributed by atoms with van der Waals surface area (Å²) in [5.41, 5.74) is 0.321. The van der Waals surface area contributed by atoms with Crippen molar-refractivity contribution in [2.24, 2.45) is 0 Å². The maximum Gasteiger partial charge on any atom is 0.257 e. The number of hydrogen-bond donors (Lipinski definition) is 1. The van der Waals surface area contributed by atoms with Crippen molar-refractivity contribution in [3.05, 3.63) is 65.5 Å². The molecule has 1 amide bonds. The van der Waals surface area contributed by atoms with Crippen LogP contribution in [0, 0.1) is 17.5 Å². The van der Waals surface area contributed by atoms with Crippen LogP contribution < -0.4 is 10.1 Å². The average Bonchev–Trinajstić information content (AvgIpc) is 2.49. The van der Waals surface area contributed by atoms with E-state index in [0.29, 0.717) is 11.3 Å². The molecule has 0 bridgehead atoms. The third-order valence-electron chi connectivity index (χ3n) is 2.92. The topological polar surface area (TPSA) is 38.3 Å². The molecule has 2 aromatic rings. The average molecular weight is 309 g/mol. The van der Waals surface area contributed by atoms with Crippen molar-refractivity contribution >= 4 is 5.91 Å². The molecule has 0 aromatic heterocycles.